The monoisotopic (exact) mass is 294 g/mol. The lowest BCUT2D eigenvalue weighted by Crippen LogP contribution is -2.36. The van der Waals surface area contributed by atoms with Crippen LogP contribution in [-0.2, 0) is 13.1 Å². The number of carboxylic acids is 1. The molecule has 0 aromatic carbocycles. The zero-order chi connectivity index (χ0) is 15.2. The molecule has 10 heteroatoms. The molecule has 2 aromatic rings. The Bertz CT molecular complexity index is 634. The van der Waals surface area contributed by atoms with Crippen LogP contribution in [0.2, 0.25) is 0 Å². The van der Waals surface area contributed by atoms with Crippen LogP contribution in [0.15, 0.2) is 17.0 Å². The van der Waals surface area contributed by atoms with E-state index < -0.39 is 5.97 Å². The Balaban J connectivity index is 1.67. The predicted octanol–water partition coefficient (Wildman–Crippen LogP) is -0.228. The van der Waals surface area contributed by atoms with E-state index >= 15 is 0 Å². The van der Waals surface area contributed by atoms with Crippen LogP contribution < -0.4 is 10.6 Å². The van der Waals surface area contributed by atoms with Crippen molar-refractivity contribution in [2.45, 2.75) is 20.0 Å². The summed E-state index contributed by atoms with van der Waals surface area (Å²) in [7, 11) is 0. The quantitative estimate of drug-likeness (QED) is 0.669. The lowest BCUT2D eigenvalue weighted by Gasteiger charge is -2.06. The molecule has 2 amide bonds. The van der Waals surface area contributed by atoms with Crippen LogP contribution in [0.4, 0.5) is 4.79 Å². The highest BCUT2D eigenvalue weighted by Crippen LogP contribution is 1.96. The van der Waals surface area contributed by atoms with Gasteiger partial charge in [-0.05, 0) is 6.92 Å². The fraction of sp³-hybridized carbons (Fsp3) is 0.364. The highest BCUT2D eigenvalue weighted by Gasteiger charge is 2.07. The molecule has 0 unspecified atom stereocenters. The summed E-state index contributed by atoms with van der Waals surface area (Å²) < 4.78 is 6.42. The van der Waals surface area contributed by atoms with Crippen LogP contribution >= 0.6 is 0 Å². The molecule has 2 heterocycles. The number of amides is 2. The number of nitrogens with zero attached hydrogens (tertiary/aromatic N) is 4. The molecule has 2 rings (SSSR count). The standard InChI is InChI=1S/C11H14N6O4/c1-7-15-9(21-16-7)4-13-11(20)12-2-3-17-5-8(10(18)19)14-6-17/h5-6H,2-4H2,1H3,(H,18,19)(H2,12,13,20). The maximum atomic E-state index is 11.5. The Morgan fingerprint density at radius 3 is 2.86 bits per heavy atom. The van der Waals surface area contributed by atoms with Crippen molar-refractivity contribution < 1.29 is 19.2 Å². The van der Waals surface area contributed by atoms with Crippen molar-refractivity contribution in [3.05, 3.63) is 29.9 Å². The maximum Gasteiger partial charge on any atom is 0.356 e. The van der Waals surface area contributed by atoms with Crippen molar-refractivity contribution >= 4 is 12.0 Å². The SMILES string of the molecule is Cc1noc(CNC(=O)NCCn2cnc(C(=O)O)c2)n1. The summed E-state index contributed by atoms with van der Waals surface area (Å²) in [5.41, 5.74) is -0.0359. The molecule has 0 radical (unpaired) electrons. The van der Waals surface area contributed by atoms with Gasteiger partial charge in [0.15, 0.2) is 11.5 Å². The molecule has 21 heavy (non-hydrogen) atoms. The van der Waals surface area contributed by atoms with E-state index in [-0.39, 0.29) is 18.3 Å². The molecular formula is C11H14N6O4. The topological polar surface area (TPSA) is 135 Å². The smallest absolute Gasteiger partial charge is 0.356 e. The van der Waals surface area contributed by atoms with Gasteiger partial charge in [-0.2, -0.15) is 4.98 Å². The Morgan fingerprint density at radius 1 is 1.43 bits per heavy atom. The van der Waals surface area contributed by atoms with E-state index in [0.717, 1.165) is 0 Å². The number of carboxylic acid groups (broad SMARTS) is 1. The minimum atomic E-state index is -1.09. The second-order valence-corrected chi connectivity index (χ2v) is 4.15. The van der Waals surface area contributed by atoms with Gasteiger partial charge in [-0.15, -0.1) is 0 Å². The first-order valence-electron chi connectivity index (χ1n) is 6.10. The molecule has 0 aliphatic heterocycles. The first-order valence-corrected chi connectivity index (χ1v) is 6.10. The summed E-state index contributed by atoms with van der Waals surface area (Å²) in [6, 6.07) is -0.385. The maximum absolute atomic E-state index is 11.5. The van der Waals surface area contributed by atoms with Crippen LogP contribution in [0.1, 0.15) is 22.2 Å². The average molecular weight is 294 g/mol. The van der Waals surface area contributed by atoms with Crippen molar-refractivity contribution in [3.8, 4) is 0 Å². The Labute approximate surface area is 119 Å². The van der Waals surface area contributed by atoms with E-state index in [9.17, 15) is 9.59 Å². The van der Waals surface area contributed by atoms with Crippen LogP contribution in [0.3, 0.4) is 0 Å². The predicted molar refractivity (Wildman–Crippen MR) is 68.5 cm³/mol. The van der Waals surface area contributed by atoms with Crippen LogP contribution in [0, 0.1) is 6.92 Å². The largest absolute Gasteiger partial charge is 0.476 e. The van der Waals surface area contributed by atoms with Gasteiger partial charge in [0.05, 0.1) is 12.9 Å². The molecule has 0 aliphatic rings. The molecule has 0 bridgehead atoms. The molecule has 10 nitrogen and oxygen atoms in total. The first-order chi connectivity index (χ1) is 10.0. The van der Waals surface area contributed by atoms with Gasteiger partial charge < -0.3 is 24.8 Å². The zero-order valence-electron chi connectivity index (χ0n) is 11.2. The number of hydrogen-bond acceptors (Lipinski definition) is 6. The summed E-state index contributed by atoms with van der Waals surface area (Å²) in [5.74, 6) is -0.265. The number of aryl methyl sites for hydroxylation is 1. The summed E-state index contributed by atoms with van der Waals surface area (Å²) in [4.78, 5) is 29.8. The van der Waals surface area contributed by atoms with E-state index in [1.54, 1.807) is 11.5 Å². The number of hydrogen-bond donors (Lipinski definition) is 3. The molecule has 0 saturated carbocycles. The summed E-state index contributed by atoms with van der Waals surface area (Å²) >= 11 is 0. The second-order valence-electron chi connectivity index (χ2n) is 4.15. The third-order valence-electron chi connectivity index (χ3n) is 2.48. The highest BCUT2D eigenvalue weighted by atomic mass is 16.5. The molecule has 0 spiro atoms. The van der Waals surface area contributed by atoms with Gasteiger partial charge in [-0.3, -0.25) is 0 Å². The van der Waals surface area contributed by atoms with Gasteiger partial charge in [0.25, 0.3) is 0 Å². The lowest BCUT2D eigenvalue weighted by molar-refractivity contribution is 0.0691. The molecule has 0 fully saturated rings. The normalized spacial score (nSPS) is 10.3. The number of aromatic carboxylic acids is 1. The van der Waals surface area contributed by atoms with Crippen molar-refractivity contribution in [2.24, 2.45) is 0 Å². The van der Waals surface area contributed by atoms with Crippen molar-refractivity contribution in [1.29, 1.82) is 0 Å². The van der Waals surface area contributed by atoms with E-state index in [1.165, 1.54) is 12.5 Å². The van der Waals surface area contributed by atoms with Gasteiger partial charge in [-0.1, -0.05) is 5.16 Å². The number of carbonyl (C=O) groups excluding carboxylic acids is 1. The third-order valence-corrected chi connectivity index (χ3v) is 2.48. The Morgan fingerprint density at radius 2 is 2.24 bits per heavy atom. The highest BCUT2D eigenvalue weighted by molar-refractivity contribution is 5.84. The van der Waals surface area contributed by atoms with Crippen molar-refractivity contribution in [2.75, 3.05) is 6.54 Å². The van der Waals surface area contributed by atoms with E-state index in [1.807, 2.05) is 0 Å². The molecule has 3 N–H and O–H groups in total. The molecule has 0 aliphatic carbocycles. The fourth-order valence-corrected chi connectivity index (χ4v) is 1.52. The summed E-state index contributed by atoms with van der Waals surface area (Å²) in [6.45, 7) is 2.56. The number of nitrogens with one attached hydrogen (secondary N) is 2. The molecule has 0 saturated heterocycles. The minimum absolute atomic E-state index is 0.0359. The van der Waals surface area contributed by atoms with Gasteiger partial charge >= 0.3 is 12.0 Å². The average Bonchev–Trinajstić information content (AvgIpc) is 3.05. The van der Waals surface area contributed by atoms with E-state index in [2.05, 4.69) is 25.8 Å². The lowest BCUT2D eigenvalue weighted by atomic mass is 10.5. The first kappa shape index (κ1) is 14.5. The number of carbonyl (C=O) groups is 2. The molecular weight excluding hydrogens is 280 g/mol. The second kappa shape index (κ2) is 6.50. The van der Waals surface area contributed by atoms with Gasteiger partial charge in [0, 0.05) is 19.3 Å². The Hall–Kier alpha value is -2.91. The summed E-state index contributed by atoms with van der Waals surface area (Å²) in [6.07, 6.45) is 2.79. The van der Waals surface area contributed by atoms with Crippen LogP contribution in [-0.4, -0.2) is 43.3 Å². The number of aromatic nitrogens is 4. The fourth-order valence-electron chi connectivity index (χ4n) is 1.52. The van der Waals surface area contributed by atoms with E-state index in [0.29, 0.717) is 24.8 Å². The number of urea groups is 1. The van der Waals surface area contributed by atoms with Crippen LogP contribution in [0.5, 0.6) is 0 Å². The van der Waals surface area contributed by atoms with E-state index in [4.69, 9.17) is 9.63 Å². The number of imidazole rings is 1. The van der Waals surface area contributed by atoms with Gasteiger partial charge in [0.2, 0.25) is 5.89 Å². The Kier molecular flexibility index (Phi) is 4.49. The zero-order valence-corrected chi connectivity index (χ0v) is 11.2. The molecule has 0 atom stereocenters. The third kappa shape index (κ3) is 4.30. The van der Waals surface area contributed by atoms with Crippen molar-refractivity contribution in [1.82, 2.24) is 30.3 Å². The molecule has 112 valence electrons. The molecule has 2 aromatic heterocycles. The van der Waals surface area contributed by atoms with Crippen LogP contribution in [0.25, 0.3) is 0 Å². The van der Waals surface area contributed by atoms with Gasteiger partial charge in [0.1, 0.15) is 0 Å². The number of rotatable bonds is 6. The van der Waals surface area contributed by atoms with Crippen molar-refractivity contribution in [3.63, 3.8) is 0 Å². The van der Waals surface area contributed by atoms with Gasteiger partial charge in [-0.25, -0.2) is 14.6 Å². The minimum Gasteiger partial charge on any atom is -0.476 e. The summed E-state index contributed by atoms with van der Waals surface area (Å²) in [5, 5.41) is 17.5.